The normalized spacial score (nSPS) is 19.8. The average molecular weight is 486 g/mol. The van der Waals surface area contributed by atoms with E-state index in [4.69, 9.17) is 9.72 Å². The van der Waals surface area contributed by atoms with Crippen LogP contribution in [-0.2, 0) is 10.0 Å². The number of nitrogens with zero attached hydrogens (tertiary/aromatic N) is 3. The summed E-state index contributed by atoms with van der Waals surface area (Å²) in [4.78, 5) is 20.1. The summed E-state index contributed by atoms with van der Waals surface area (Å²) < 4.78 is 34.4. The Morgan fingerprint density at radius 2 is 1.88 bits per heavy atom. The molecular formula is C24H27N3O4S2. The summed E-state index contributed by atoms with van der Waals surface area (Å²) in [6, 6.07) is 12.8. The van der Waals surface area contributed by atoms with Gasteiger partial charge in [-0.3, -0.25) is 4.79 Å². The highest BCUT2D eigenvalue weighted by Gasteiger charge is 2.32. The lowest BCUT2D eigenvalue weighted by Crippen LogP contribution is -2.39. The number of rotatable bonds is 5. The van der Waals surface area contributed by atoms with E-state index in [9.17, 15) is 13.2 Å². The van der Waals surface area contributed by atoms with Gasteiger partial charge in [0.1, 0.15) is 10.6 Å². The zero-order valence-corrected chi connectivity index (χ0v) is 20.2. The molecule has 1 aromatic heterocycles. The van der Waals surface area contributed by atoms with Gasteiger partial charge in [-0.1, -0.05) is 12.1 Å². The molecule has 0 bridgehead atoms. The molecule has 3 aromatic rings. The quantitative estimate of drug-likeness (QED) is 0.543. The first-order valence-corrected chi connectivity index (χ1v) is 13.6. The van der Waals surface area contributed by atoms with Gasteiger partial charge in [-0.15, -0.1) is 11.3 Å². The van der Waals surface area contributed by atoms with Gasteiger partial charge < -0.3 is 9.64 Å². The van der Waals surface area contributed by atoms with Gasteiger partial charge >= 0.3 is 0 Å². The molecule has 2 saturated heterocycles. The summed E-state index contributed by atoms with van der Waals surface area (Å²) in [5.74, 6) is 0.303. The first-order valence-electron chi connectivity index (χ1n) is 11.3. The second-order valence-corrected chi connectivity index (χ2v) is 11.6. The van der Waals surface area contributed by atoms with Crippen LogP contribution >= 0.6 is 11.3 Å². The number of methoxy groups -OCH3 is 1. The highest BCUT2D eigenvalue weighted by molar-refractivity contribution is 7.89. The number of ether oxygens (including phenoxy) is 1. The van der Waals surface area contributed by atoms with E-state index < -0.39 is 10.0 Å². The molecule has 0 radical (unpaired) electrons. The van der Waals surface area contributed by atoms with Crippen molar-refractivity contribution in [2.24, 2.45) is 0 Å². The lowest BCUT2D eigenvalue weighted by Gasteiger charge is -2.32. The number of piperidine rings is 1. The Bertz CT molecular complexity index is 1250. The number of benzene rings is 2. The Balaban J connectivity index is 1.40. The Morgan fingerprint density at radius 3 is 2.64 bits per heavy atom. The monoisotopic (exact) mass is 485 g/mol. The maximum atomic E-state index is 13.4. The Hall–Kier alpha value is -2.49. The predicted molar refractivity (Wildman–Crippen MR) is 128 cm³/mol. The van der Waals surface area contributed by atoms with Crippen LogP contribution in [0.1, 0.15) is 47.0 Å². The molecule has 3 heterocycles. The fourth-order valence-electron chi connectivity index (χ4n) is 4.69. The van der Waals surface area contributed by atoms with Gasteiger partial charge in [-0.2, -0.15) is 4.31 Å². The van der Waals surface area contributed by atoms with Gasteiger partial charge in [0.25, 0.3) is 5.91 Å². The molecule has 0 spiro atoms. The Kier molecular flexibility index (Phi) is 6.11. The van der Waals surface area contributed by atoms with Crippen molar-refractivity contribution in [1.82, 2.24) is 14.2 Å². The van der Waals surface area contributed by atoms with Crippen LogP contribution in [0.15, 0.2) is 47.4 Å². The maximum Gasteiger partial charge on any atom is 0.253 e. The maximum absolute atomic E-state index is 13.4. The first-order chi connectivity index (χ1) is 16.0. The number of amides is 1. The van der Waals surface area contributed by atoms with Crippen molar-refractivity contribution in [3.8, 4) is 5.75 Å². The minimum atomic E-state index is -3.71. The topological polar surface area (TPSA) is 79.8 Å². The third-order valence-electron chi connectivity index (χ3n) is 6.46. The number of carbonyl (C=O) groups excluding carboxylic acids is 1. The molecule has 1 amide bonds. The summed E-state index contributed by atoms with van der Waals surface area (Å²) in [5, 5.41) is 1.06. The van der Waals surface area contributed by atoms with E-state index in [0.717, 1.165) is 40.9 Å². The summed E-state index contributed by atoms with van der Waals surface area (Å²) >= 11 is 1.69. The van der Waals surface area contributed by atoms with Crippen LogP contribution in [0.3, 0.4) is 0 Å². The van der Waals surface area contributed by atoms with Gasteiger partial charge in [0, 0.05) is 37.7 Å². The Morgan fingerprint density at radius 1 is 1.09 bits per heavy atom. The molecule has 1 atom stereocenters. The van der Waals surface area contributed by atoms with Crippen molar-refractivity contribution in [3.63, 3.8) is 0 Å². The molecule has 174 valence electrons. The Labute approximate surface area is 198 Å². The van der Waals surface area contributed by atoms with Gasteiger partial charge in [-0.05, 0) is 56.0 Å². The number of aromatic nitrogens is 1. The minimum absolute atomic E-state index is 0.0671. The molecular weight excluding hydrogens is 458 g/mol. The van der Waals surface area contributed by atoms with E-state index in [0.29, 0.717) is 31.7 Å². The lowest BCUT2D eigenvalue weighted by molar-refractivity contribution is 0.0707. The van der Waals surface area contributed by atoms with Crippen molar-refractivity contribution in [1.29, 1.82) is 0 Å². The number of thiazole rings is 1. The fraction of sp³-hybridized carbons (Fsp3) is 0.417. The number of fused-ring (bicyclic) bond motifs is 1. The molecule has 2 aromatic carbocycles. The van der Waals surface area contributed by atoms with E-state index in [-0.39, 0.29) is 22.5 Å². The van der Waals surface area contributed by atoms with Crippen molar-refractivity contribution in [2.45, 2.75) is 36.5 Å². The predicted octanol–water partition coefficient (Wildman–Crippen LogP) is 4.11. The van der Waals surface area contributed by atoms with E-state index in [1.165, 1.54) is 17.5 Å². The second-order valence-electron chi connectivity index (χ2n) is 8.59. The standard InChI is InChI=1S/C24H27N3O4S2/c1-31-20-11-10-17(15-22(20)33(29,30)27-13-4-5-14-27)24(28)26-12-6-7-18(16-26)23-25-19-8-2-3-9-21(19)32-23/h2-3,8-11,15,18H,4-7,12-14,16H2,1H3/t18-/m0/s1. The fourth-order valence-corrected chi connectivity index (χ4v) is 7.48. The van der Waals surface area contributed by atoms with Gasteiger partial charge in [0.05, 0.1) is 22.3 Å². The number of hydrogen-bond donors (Lipinski definition) is 0. The molecule has 5 rings (SSSR count). The van der Waals surface area contributed by atoms with Crippen molar-refractivity contribution in [3.05, 3.63) is 53.0 Å². The third kappa shape index (κ3) is 4.25. The number of sulfonamides is 1. The number of carbonyl (C=O) groups is 1. The van der Waals surface area contributed by atoms with Crippen LogP contribution in [0.5, 0.6) is 5.75 Å². The van der Waals surface area contributed by atoms with E-state index >= 15 is 0 Å². The summed E-state index contributed by atoms with van der Waals surface area (Å²) in [7, 11) is -2.26. The first kappa shape index (κ1) is 22.3. The summed E-state index contributed by atoms with van der Waals surface area (Å²) in [5.41, 5.74) is 1.37. The van der Waals surface area contributed by atoms with E-state index in [1.807, 2.05) is 23.1 Å². The smallest absolute Gasteiger partial charge is 0.253 e. The molecule has 0 saturated carbocycles. The van der Waals surface area contributed by atoms with Crippen LogP contribution in [0.4, 0.5) is 0 Å². The number of para-hydroxylation sites is 1. The van der Waals surface area contributed by atoms with Crippen molar-refractivity contribution >= 4 is 37.5 Å². The van der Waals surface area contributed by atoms with Gasteiger partial charge in [0.15, 0.2) is 0 Å². The molecule has 33 heavy (non-hydrogen) atoms. The van der Waals surface area contributed by atoms with Crippen LogP contribution in [0.25, 0.3) is 10.2 Å². The van der Waals surface area contributed by atoms with Crippen molar-refractivity contribution in [2.75, 3.05) is 33.3 Å². The average Bonchev–Trinajstić information content (AvgIpc) is 3.54. The molecule has 0 N–H and O–H groups in total. The number of hydrogen-bond acceptors (Lipinski definition) is 6. The molecule has 2 fully saturated rings. The lowest BCUT2D eigenvalue weighted by atomic mass is 9.98. The number of likely N-dealkylation sites (tertiary alicyclic amines) is 1. The zero-order valence-electron chi connectivity index (χ0n) is 18.6. The third-order valence-corrected chi connectivity index (χ3v) is 9.58. The van der Waals surface area contributed by atoms with Crippen molar-refractivity contribution < 1.29 is 17.9 Å². The minimum Gasteiger partial charge on any atom is -0.495 e. The van der Waals surface area contributed by atoms with Crippen LogP contribution < -0.4 is 4.74 Å². The molecule has 7 nitrogen and oxygen atoms in total. The summed E-state index contributed by atoms with van der Waals surface area (Å²) in [6.07, 6.45) is 3.57. The molecule has 0 aliphatic carbocycles. The largest absolute Gasteiger partial charge is 0.495 e. The second kappa shape index (κ2) is 9.04. The zero-order chi connectivity index (χ0) is 23.0. The molecule has 9 heteroatoms. The van der Waals surface area contributed by atoms with Crippen LogP contribution in [-0.4, -0.2) is 61.8 Å². The van der Waals surface area contributed by atoms with Gasteiger partial charge in [-0.25, -0.2) is 13.4 Å². The summed E-state index contributed by atoms with van der Waals surface area (Å²) in [6.45, 7) is 2.23. The van der Waals surface area contributed by atoms with Gasteiger partial charge in [0.2, 0.25) is 10.0 Å². The SMILES string of the molecule is COc1ccc(C(=O)N2CCC[C@H](c3nc4ccccc4s3)C2)cc1S(=O)(=O)N1CCCC1. The molecule has 2 aliphatic rings. The van der Waals surface area contributed by atoms with E-state index in [1.54, 1.807) is 23.5 Å². The molecule has 2 aliphatic heterocycles. The highest BCUT2D eigenvalue weighted by atomic mass is 32.2. The van der Waals surface area contributed by atoms with E-state index in [2.05, 4.69) is 6.07 Å². The molecule has 0 unspecified atom stereocenters. The van der Waals surface area contributed by atoms with Crippen LogP contribution in [0.2, 0.25) is 0 Å². The van der Waals surface area contributed by atoms with Crippen LogP contribution in [0, 0.1) is 0 Å². The highest BCUT2D eigenvalue weighted by Crippen LogP contribution is 2.34.